The van der Waals surface area contributed by atoms with Crippen LogP contribution in [0.3, 0.4) is 0 Å². The van der Waals surface area contributed by atoms with Crippen LogP contribution in [0, 0.1) is 10.1 Å². The molecule has 0 aliphatic heterocycles. The number of rotatable bonds is 17. The molecule has 0 bridgehead atoms. The van der Waals surface area contributed by atoms with Gasteiger partial charge in [0.1, 0.15) is 11.0 Å². The fourth-order valence-electron chi connectivity index (χ4n) is 5.19. The highest BCUT2D eigenvalue weighted by Gasteiger charge is 2.37. The molecule has 4 aromatic rings. The number of nitrogens with one attached hydrogen (secondary N) is 2. The minimum atomic E-state index is -3.87. The molecule has 14 heteroatoms. The summed E-state index contributed by atoms with van der Waals surface area (Å²) in [5, 5.41) is 30.5. The number of hydrogen-bond acceptors (Lipinski definition) is 11. The minimum Gasteiger partial charge on any atom is -0.307 e. The summed E-state index contributed by atoms with van der Waals surface area (Å²) < 4.78 is 33.2. The van der Waals surface area contributed by atoms with Gasteiger partial charge in [-0.3, -0.25) is 14.8 Å². The number of aromatic nitrogens is 4. The van der Waals surface area contributed by atoms with Crippen molar-refractivity contribution in [1.29, 1.82) is 0 Å². The maximum Gasteiger partial charge on any atom is 0.300 e. The first-order valence-electron chi connectivity index (χ1n) is 13.8. The summed E-state index contributed by atoms with van der Waals surface area (Å²) in [5.74, 6) is 0. The molecular weight excluding hydrogens is 566 g/mol. The number of hydrogen-bond donors (Lipinski definition) is 2. The lowest BCUT2D eigenvalue weighted by molar-refractivity contribution is -0.383. The van der Waals surface area contributed by atoms with Crippen LogP contribution in [0.4, 0.5) is 10.8 Å². The van der Waals surface area contributed by atoms with Gasteiger partial charge >= 0.3 is 5.69 Å². The third kappa shape index (κ3) is 7.05. The van der Waals surface area contributed by atoms with Crippen molar-refractivity contribution in [2.24, 2.45) is 0 Å². The fourth-order valence-corrected chi connectivity index (χ4v) is 6.89. The molecule has 0 amide bonds. The number of nitro groups is 1. The molecule has 220 valence electrons. The molecule has 0 aliphatic rings. The summed E-state index contributed by atoms with van der Waals surface area (Å²) in [6, 6.07) is 9.65. The largest absolute Gasteiger partial charge is 0.307 e. The molecule has 1 atom stereocenters. The second kappa shape index (κ2) is 13.9. The normalized spacial score (nSPS) is 13.3. The molecule has 0 saturated carbocycles. The van der Waals surface area contributed by atoms with Crippen LogP contribution >= 0.6 is 11.3 Å². The van der Waals surface area contributed by atoms with Crippen molar-refractivity contribution >= 4 is 43.2 Å². The van der Waals surface area contributed by atoms with Gasteiger partial charge in [-0.2, -0.15) is 0 Å². The Balaban J connectivity index is 1.63. The summed E-state index contributed by atoms with van der Waals surface area (Å²) >= 11 is 1.08. The van der Waals surface area contributed by atoms with Crippen molar-refractivity contribution in [2.45, 2.75) is 81.6 Å². The Hall–Kier alpha value is -3.49. The molecule has 0 aliphatic carbocycles. The monoisotopic (exact) mass is 601 g/mol. The Kier molecular flexibility index (Phi) is 10.3. The fraction of sp³-hybridized carbons (Fsp3) is 0.481. The van der Waals surface area contributed by atoms with Crippen LogP contribution < -0.4 is 10.0 Å². The predicted molar refractivity (Wildman–Crippen MR) is 157 cm³/mol. The van der Waals surface area contributed by atoms with E-state index in [2.05, 4.69) is 37.5 Å². The maximum absolute atomic E-state index is 12.9. The van der Waals surface area contributed by atoms with Crippen molar-refractivity contribution in [1.82, 2.24) is 25.8 Å². The van der Waals surface area contributed by atoms with E-state index in [0.29, 0.717) is 17.5 Å². The lowest BCUT2D eigenvalue weighted by atomic mass is 9.78. The molecule has 1 unspecified atom stereocenters. The molecular formula is C27H35N7O5S2. The van der Waals surface area contributed by atoms with Crippen molar-refractivity contribution < 1.29 is 18.0 Å². The number of sulfonamides is 1. The minimum absolute atomic E-state index is 0.0691. The van der Waals surface area contributed by atoms with E-state index in [-0.39, 0.29) is 21.2 Å². The molecule has 2 aromatic heterocycles. The highest BCUT2D eigenvalue weighted by molar-refractivity contribution is 7.93. The van der Waals surface area contributed by atoms with E-state index in [1.54, 1.807) is 18.2 Å². The molecule has 12 nitrogen and oxygen atoms in total. The maximum atomic E-state index is 12.9. The van der Waals surface area contributed by atoms with Crippen molar-refractivity contribution in [2.75, 3.05) is 11.8 Å². The van der Waals surface area contributed by atoms with Gasteiger partial charge < -0.3 is 5.32 Å². The highest BCUT2D eigenvalue weighted by atomic mass is 32.2. The second-order valence-electron chi connectivity index (χ2n) is 9.96. The smallest absolute Gasteiger partial charge is 0.300 e. The van der Waals surface area contributed by atoms with E-state index in [4.69, 9.17) is 4.63 Å². The van der Waals surface area contributed by atoms with Crippen LogP contribution in [0.25, 0.3) is 11.0 Å². The zero-order chi connectivity index (χ0) is 29.3. The Morgan fingerprint density at radius 3 is 2.22 bits per heavy atom. The summed E-state index contributed by atoms with van der Waals surface area (Å²) in [5.41, 5.74) is 2.23. The quantitative estimate of drug-likeness (QED) is 0.0812. The van der Waals surface area contributed by atoms with Crippen LogP contribution in [-0.4, -0.2) is 40.9 Å². The lowest BCUT2D eigenvalue weighted by Crippen LogP contribution is -2.41. The molecule has 0 radical (unpaired) electrons. The van der Waals surface area contributed by atoms with Gasteiger partial charge in [-0.15, -0.1) is 10.2 Å². The Morgan fingerprint density at radius 2 is 1.61 bits per heavy atom. The molecule has 41 heavy (non-hydrogen) atoms. The van der Waals surface area contributed by atoms with Crippen molar-refractivity contribution in [3.8, 4) is 0 Å². The van der Waals surface area contributed by atoms with Crippen LogP contribution in [0.2, 0.25) is 0 Å². The molecule has 2 aromatic carbocycles. The van der Waals surface area contributed by atoms with E-state index < -0.39 is 20.5 Å². The second-order valence-corrected chi connectivity index (χ2v) is 12.5. The van der Waals surface area contributed by atoms with Crippen molar-refractivity contribution in [3.05, 3.63) is 63.1 Å². The van der Waals surface area contributed by atoms with E-state index in [1.807, 2.05) is 7.05 Å². The van der Waals surface area contributed by atoms with Gasteiger partial charge in [-0.1, -0.05) is 88.2 Å². The van der Waals surface area contributed by atoms with Crippen LogP contribution in [0.15, 0.2) is 51.4 Å². The molecule has 0 spiro atoms. The number of unbranched alkanes of at least 4 members (excludes halogenated alkanes) is 8. The first-order chi connectivity index (χ1) is 19.8. The number of fused-ring (bicyclic) bond motifs is 1. The molecule has 0 fully saturated rings. The van der Waals surface area contributed by atoms with Gasteiger partial charge in [-0.05, 0) is 47.5 Å². The van der Waals surface area contributed by atoms with Gasteiger partial charge in [0.05, 0.1) is 15.4 Å². The van der Waals surface area contributed by atoms with Gasteiger partial charge in [0.25, 0.3) is 10.0 Å². The Bertz CT molecular complexity index is 1530. The van der Waals surface area contributed by atoms with Crippen molar-refractivity contribution in [3.63, 3.8) is 0 Å². The summed E-state index contributed by atoms with van der Waals surface area (Å²) in [4.78, 5) is 11.2. The van der Waals surface area contributed by atoms with Crippen LogP contribution in [-0.2, 0) is 15.6 Å². The first-order valence-corrected chi connectivity index (χ1v) is 16.2. The summed E-state index contributed by atoms with van der Waals surface area (Å²) in [6.45, 7) is 2.21. The number of non-ortho nitro benzene ring substituents is 1. The zero-order valence-corrected chi connectivity index (χ0v) is 24.8. The van der Waals surface area contributed by atoms with E-state index in [9.17, 15) is 18.5 Å². The van der Waals surface area contributed by atoms with E-state index in [1.165, 1.54) is 62.2 Å². The highest BCUT2D eigenvalue weighted by Crippen LogP contribution is 2.40. The molecule has 4 rings (SSSR count). The zero-order valence-electron chi connectivity index (χ0n) is 23.2. The Morgan fingerprint density at radius 1 is 0.951 bits per heavy atom. The van der Waals surface area contributed by atoms with E-state index >= 15 is 0 Å². The molecule has 2 heterocycles. The standard InChI is InChI=1S/C27H35N7O5S2/c1-3-4-5-6-7-8-9-10-11-18-27(28-2,22-16-17-23(34(35)36)25-24(22)31-39-32-25)20-12-14-21(15-13-20)41(37,38)33-26-30-29-19-40-26/h12-17,19,28H,3-11,18H2,1-2H3,(H,30,33). The van der Waals surface area contributed by atoms with Crippen LogP contribution in [0.1, 0.15) is 82.3 Å². The molecule has 0 saturated heterocycles. The first kappa shape index (κ1) is 30.5. The third-order valence-electron chi connectivity index (χ3n) is 7.37. The topological polar surface area (TPSA) is 166 Å². The molecule has 2 N–H and O–H groups in total. The SMILES string of the molecule is CCCCCCCCCCCC(NC)(c1ccc(S(=O)(=O)Nc2nncs2)cc1)c1ccc([N+](=O)[O-])c2nonc12. The number of nitrogens with zero attached hydrogens (tertiary/aromatic N) is 5. The average molecular weight is 602 g/mol. The average Bonchev–Trinajstić information content (AvgIpc) is 3.66. The van der Waals surface area contributed by atoms with Crippen LogP contribution in [0.5, 0.6) is 0 Å². The lowest BCUT2D eigenvalue weighted by Gasteiger charge is -2.35. The number of benzene rings is 2. The predicted octanol–water partition coefficient (Wildman–Crippen LogP) is 6.17. The van der Waals surface area contributed by atoms with Gasteiger partial charge in [-0.25, -0.2) is 13.0 Å². The van der Waals surface area contributed by atoms with E-state index in [0.717, 1.165) is 36.2 Å². The van der Waals surface area contributed by atoms with Gasteiger partial charge in [0, 0.05) is 11.6 Å². The number of anilines is 1. The summed E-state index contributed by atoms with van der Waals surface area (Å²) in [7, 11) is -2.05. The Labute approximate surface area is 243 Å². The van der Waals surface area contributed by atoms with Gasteiger partial charge in [0.2, 0.25) is 10.6 Å². The van der Waals surface area contributed by atoms with Gasteiger partial charge in [0.15, 0.2) is 0 Å². The third-order valence-corrected chi connectivity index (χ3v) is 9.46. The summed E-state index contributed by atoms with van der Waals surface area (Å²) in [6.07, 6.45) is 11.1. The number of nitro benzene ring substituents is 1.